The largest absolute Gasteiger partial charge is 0.497 e. The molecule has 0 radical (unpaired) electrons. The lowest BCUT2D eigenvalue weighted by molar-refractivity contribution is 0.0471. The van der Waals surface area contributed by atoms with Crippen molar-refractivity contribution in [2.75, 3.05) is 7.11 Å². The van der Waals surface area contributed by atoms with Crippen LogP contribution < -0.4 is 4.74 Å². The number of carbonyl (C=O) groups excluding carboxylic acids is 1. The average molecular weight is 343 g/mol. The third-order valence-electron chi connectivity index (χ3n) is 3.59. The van der Waals surface area contributed by atoms with Crippen molar-refractivity contribution in [3.63, 3.8) is 0 Å². The Morgan fingerprint density at radius 3 is 2.75 bits per heavy atom. The number of carbonyl (C=O) groups is 1. The van der Waals surface area contributed by atoms with E-state index in [0.29, 0.717) is 22.2 Å². The molecule has 3 aromatic rings. The van der Waals surface area contributed by atoms with E-state index in [2.05, 4.69) is 9.97 Å². The van der Waals surface area contributed by atoms with Gasteiger partial charge in [-0.15, -0.1) is 0 Å². The molecule has 5 nitrogen and oxygen atoms in total. The highest BCUT2D eigenvalue weighted by Crippen LogP contribution is 2.22. The molecule has 2 heterocycles. The van der Waals surface area contributed by atoms with Gasteiger partial charge >= 0.3 is 5.97 Å². The molecule has 24 heavy (non-hydrogen) atoms. The molecular formula is C18H15ClN2O3. The van der Waals surface area contributed by atoms with Crippen LogP contribution in [0.4, 0.5) is 0 Å². The van der Waals surface area contributed by atoms with Crippen molar-refractivity contribution in [1.29, 1.82) is 0 Å². The zero-order chi connectivity index (χ0) is 17.1. The van der Waals surface area contributed by atoms with Gasteiger partial charge in [-0.25, -0.2) is 9.78 Å². The molecule has 1 aromatic carbocycles. The number of halogens is 1. The van der Waals surface area contributed by atoms with E-state index in [0.717, 1.165) is 16.5 Å². The predicted octanol–water partition coefficient (Wildman–Crippen LogP) is 3.96. The van der Waals surface area contributed by atoms with Crippen molar-refractivity contribution >= 4 is 28.5 Å². The monoisotopic (exact) mass is 342 g/mol. The van der Waals surface area contributed by atoms with Crippen LogP contribution in [0.3, 0.4) is 0 Å². The molecular weight excluding hydrogens is 328 g/mol. The minimum atomic E-state index is -0.431. The van der Waals surface area contributed by atoms with Crippen LogP contribution in [0.2, 0.25) is 5.15 Å². The highest BCUT2D eigenvalue weighted by atomic mass is 35.5. The van der Waals surface area contributed by atoms with Crippen LogP contribution >= 0.6 is 11.6 Å². The summed E-state index contributed by atoms with van der Waals surface area (Å²) in [5, 5.41) is 1.22. The fourth-order valence-corrected chi connectivity index (χ4v) is 2.41. The Balaban J connectivity index is 1.83. The fraction of sp³-hybridized carbons (Fsp3) is 0.167. The van der Waals surface area contributed by atoms with Crippen molar-refractivity contribution in [3.05, 3.63) is 64.6 Å². The number of pyridine rings is 2. The molecule has 0 aliphatic heterocycles. The molecule has 3 rings (SSSR count). The summed E-state index contributed by atoms with van der Waals surface area (Å²) in [7, 11) is 1.60. The van der Waals surface area contributed by atoms with E-state index in [4.69, 9.17) is 21.1 Å². The second-order valence-electron chi connectivity index (χ2n) is 5.25. The van der Waals surface area contributed by atoms with Gasteiger partial charge in [-0.05, 0) is 37.3 Å². The SMILES string of the molecule is COc1ccc2nc(C)c(C(=O)OCc3ccc(Cl)nc3)cc2c1. The lowest BCUT2D eigenvalue weighted by Gasteiger charge is -2.09. The van der Waals surface area contributed by atoms with Crippen molar-refractivity contribution < 1.29 is 14.3 Å². The van der Waals surface area contributed by atoms with Crippen LogP contribution in [0, 0.1) is 6.92 Å². The molecule has 0 unspecified atom stereocenters. The van der Waals surface area contributed by atoms with E-state index in [-0.39, 0.29) is 6.61 Å². The molecule has 0 amide bonds. The van der Waals surface area contributed by atoms with E-state index < -0.39 is 5.97 Å². The summed E-state index contributed by atoms with van der Waals surface area (Å²) in [5.41, 5.74) is 2.61. The van der Waals surface area contributed by atoms with Gasteiger partial charge in [-0.3, -0.25) is 4.98 Å². The number of hydrogen-bond donors (Lipinski definition) is 0. The first-order valence-electron chi connectivity index (χ1n) is 7.30. The molecule has 0 saturated carbocycles. The number of aryl methyl sites for hydroxylation is 1. The van der Waals surface area contributed by atoms with Crippen molar-refractivity contribution in [2.24, 2.45) is 0 Å². The molecule has 0 fully saturated rings. The summed E-state index contributed by atoms with van der Waals surface area (Å²) in [6.45, 7) is 1.91. The Hall–Kier alpha value is -2.66. The van der Waals surface area contributed by atoms with Crippen LogP contribution in [0.15, 0.2) is 42.6 Å². The summed E-state index contributed by atoms with van der Waals surface area (Å²) in [6, 6.07) is 10.7. The molecule has 6 heteroatoms. The lowest BCUT2D eigenvalue weighted by Crippen LogP contribution is -2.08. The van der Waals surface area contributed by atoms with Gasteiger partial charge in [0.1, 0.15) is 17.5 Å². The van der Waals surface area contributed by atoms with E-state index in [1.54, 1.807) is 38.4 Å². The number of hydrogen-bond acceptors (Lipinski definition) is 5. The molecule has 122 valence electrons. The Morgan fingerprint density at radius 2 is 2.04 bits per heavy atom. The predicted molar refractivity (Wildman–Crippen MR) is 91.4 cm³/mol. The molecule has 0 spiro atoms. The number of aromatic nitrogens is 2. The number of benzene rings is 1. The first kappa shape index (κ1) is 16.2. The first-order valence-corrected chi connectivity index (χ1v) is 7.67. The summed E-state index contributed by atoms with van der Waals surface area (Å²) in [4.78, 5) is 20.8. The third-order valence-corrected chi connectivity index (χ3v) is 3.81. The number of rotatable bonds is 4. The maximum atomic E-state index is 12.4. The zero-order valence-corrected chi connectivity index (χ0v) is 14.0. The minimum Gasteiger partial charge on any atom is -0.497 e. The van der Waals surface area contributed by atoms with Crippen molar-refractivity contribution in [1.82, 2.24) is 9.97 Å². The normalized spacial score (nSPS) is 10.6. The number of fused-ring (bicyclic) bond motifs is 1. The molecule has 0 saturated heterocycles. The quantitative estimate of drug-likeness (QED) is 0.530. The third kappa shape index (κ3) is 3.46. The number of ether oxygens (including phenoxy) is 2. The summed E-state index contributed by atoms with van der Waals surface area (Å²) in [5.74, 6) is 0.277. The second-order valence-corrected chi connectivity index (χ2v) is 5.63. The first-order chi connectivity index (χ1) is 11.6. The maximum Gasteiger partial charge on any atom is 0.340 e. The van der Waals surface area contributed by atoms with Gasteiger partial charge in [0, 0.05) is 17.1 Å². The van der Waals surface area contributed by atoms with Crippen LogP contribution in [0.5, 0.6) is 5.75 Å². The van der Waals surface area contributed by atoms with Gasteiger partial charge in [-0.2, -0.15) is 0 Å². The smallest absolute Gasteiger partial charge is 0.340 e. The van der Waals surface area contributed by atoms with Gasteiger partial charge in [0.2, 0.25) is 0 Å². The molecule has 0 aliphatic rings. The Labute approximate surface area is 144 Å². The summed E-state index contributed by atoms with van der Waals surface area (Å²) in [6.07, 6.45) is 1.58. The highest BCUT2D eigenvalue weighted by molar-refractivity contribution is 6.29. The molecule has 2 aromatic heterocycles. The van der Waals surface area contributed by atoms with E-state index in [9.17, 15) is 4.79 Å². The summed E-state index contributed by atoms with van der Waals surface area (Å²) < 4.78 is 10.6. The number of esters is 1. The van der Waals surface area contributed by atoms with Gasteiger partial charge < -0.3 is 9.47 Å². The van der Waals surface area contributed by atoms with Gasteiger partial charge in [-0.1, -0.05) is 17.7 Å². The van der Waals surface area contributed by atoms with Crippen LogP contribution in [-0.4, -0.2) is 23.0 Å². The average Bonchev–Trinajstić information content (AvgIpc) is 2.60. The number of methoxy groups -OCH3 is 1. The molecule has 0 bridgehead atoms. The second kappa shape index (κ2) is 6.84. The minimum absolute atomic E-state index is 0.124. The summed E-state index contributed by atoms with van der Waals surface area (Å²) >= 11 is 5.73. The van der Waals surface area contributed by atoms with Crippen molar-refractivity contribution in [3.8, 4) is 5.75 Å². The lowest BCUT2D eigenvalue weighted by atomic mass is 10.1. The number of nitrogens with zero attached hydrogens (tertiary/aromatic N) is 2. The standard InChI is InChI=1S/C18H15ClN2O3/c1-11-15(8-13-7-14(23-2)4-5-16(13)21-11)18(22)24-10-12-3-6-17(19)20-9-12/h3-9H,10H2,1-2H3. The van der Waals surface area contributed by atoms with E-state index >= 15 is 0 Å². The highest BCUT2D eigenvalue weighted by Gasteiger charge is 2.14. The Kier molecular flexibility index (Phi) is 4.62. The maximum absolute atomic E-state index is 12.4. The molecule has 0 aliphatic carbocycles. The molecule has 0 atom stereocenters. The van der Waals surface area contributed by atoms with Crippen LogP contribution in [0.25, 0.3) is 10.9 Å². The fourth-order valence-electron chi connectivity index (χ4n) is 2.30. The van der Waals surface area contributed by atoms with Gasteiger partial charge in [0.25, 0.3) is 0 Å². The topological polar surface area (TPSA) is 61.3 Å². The van der Waals surface area contributed by atoms with Crippen LogP contribution in [-0.2, 0) is 11.3 Å². The zero-order valence-electron chi connectivity index (χ0n) is 13.2. The molecule has 0 N–H and O–H groups in total. The Bertz CT molecular complexity index is 895. The van der Waals surface area contributed by atoms with Crippen LogP contribution in [0.1, 0.15) is 21.6 Å². The Morgan fingerprint density at radius 1 is 1.21 bits per heavy atom. The van der Waals surface area contributed by atoms with Gasteiger partial charge in [0.05, 0.1) is 23.9 Å². The van der Waals surface area contributed by atoms with Crippen molar-refractivity contribution in [2.45, 2.75) is 13.5 Å². The van der Waals surface area contributed by atoms with E-state index in [1.807, 2.05) is 18.2 Å². The van der Waals surface area contributed by atoms with E-state index in [1.165, 1.54) is 0 Å². The van der Waals surface area contributed by atoms with Gasteiger partial charge in [0.15, 0.2) is 0 Å².